The fourth-order valence-electron chi connectivity index (χ4n) is 0.953. The van der Waals surface area contributed by atoms with Crippen LogP contribution in [0.25, 0.3) is 0 Å². The minimum absolute atomic E-state index is 0.0306. The van der Waals surface area contributed by atoms with Gasteiger partial charge < -0.3 is 0 Å². The lowest BCUT2D eigenvalue weighted by molar-refractivity contribution is 0.102. The first kappa shape index (κ1) is 4.21. The van der Waals surface area contributed by atoms with Gasteiger partial charge in [0.25, 0.3) is 0 Å². The number of hydrogen-bond donors (Lipinski definition) is 0. The maximum Gasteiger partial charge on any atom is 0.175 e. The number of carbonyl (C=O) groups is 1. The Balaban J connectivity index is 0. The molecule has 1 aromatic rings. The van der Waals surface area contributed by atoms with Gasteiger partial charge >= 0.3 is 0 Å². The summed E-state index contributed by atoms with van der Waals surface area (Å²) in [5.41, 5.74) is 0.426. The van der Waals surface area contributed by atoms with Crippen LogP contribution in [-0.2, 0) is 0 Å². The molecule has 62 valence electrons. The molecule has 2 rings (SSSR count). The third-order valence-corrected chi connectivity index (χ3v) is 2.46. The van der Waals surface area contributed by atoms with Gasteiger partial charge in [0.2, 0.25) is 0 Å². The molecule has 2 nitrogen and oxygen atoms in total. The van der Waals surface area contributed by atoms with Gasteiger partial charge in [-0.05, 0) is 6.07 Å². The molecule has 0 amide bonds. The highest BCUT2D eigenvalue weighted by molar-refractivity contribution is 8.00. The summed E-state index contributed by atoms with van der Waals surface area (Å²) in [6.07, 6.45) is 1.13. The smallest absolute Gasteiger partial charge is 0.175 e. The lowest BCUT2D eigenvalue weighted by atomic mass is 10.2. The van der Waals surface area contributed by atoms with Crippen molar-refractivity contribution in [1.29, 1.82) is 0 Å². The van der Waals surface area contributed by atoms with Crippen LogP contribution in [0.5, 0.6) is 0 Å². The Bertz CT molecular complexity index is 342. The van der Waals surface area contributed by atoms with Gasteiger partial charge in [-0.2, -0.15) is 0 Å². The molecule has 0 saturated heterocycles. The first-order valence-electron chi connectivity index (χ1n) is 6.09. The lowest BCUT2D eigenvalue weighted by Gasteiger charge is -1.92. The summed E-state index contributed by atoms with van der Waals surface area (Å²) in [5, 5.41) is 0.649. The number of nitrogens with zero attached hydrogens (tertiary/aromatic N) is 1. The number of ketones is 1. The topological polar surface area (TPSA) is 30.0 Å². The number of rotatable bonds is 0. The second-order valence-electron chi connectivity index (χ2n) is 2.22. The molecule has 0 unspecified atom stereocenters. The molecule has 4 heteroatoms. The molecular formula is C7H10FNOS. The average Bonchev–Trinajstić information content (AvgIpc) is 2.78. The van der Waals surface area contributed by atoms with Crippen LogP contribution in [0.2, 0.25) is 0 Å². The van der Waals surface area contributed by atoms with Gasteiger partial charge in [0, 0.05) is 8.91 Å². The van der Waals surface area contributed by atoms with E-state index in [9.17, 15) is 9.18 Å². The SMILES string of the molecule is O=C1CSc2ncc(F)cc21.[2H][2H].[2H][2H].[2H][2H]. The second-order valence-corrected chi connectivity index (χ2v) is 3.18. The fourth-order valence-corrected chi connectivity index (χ4v) is 1.83. The van der Waals surface area contributed by atoms with E-state index >= 15 is 0 Å². The van der Waals surface area contributed by atoms with Crippen molar-refractivity contribution in [2.45, 2.75) is 5.03 Å². The van der Waals surface area contributed by atoms with E-state index in [1.807, 2.05) is 0 Å². The van der Waals surface area contributed by atoms with E-state index in [-0.39, 0.29) is 5.78 Å². The number of carbonyl (C=O) groups excluding carboxylic acids is 1. The minimum Gasteiger partial charge on any atom is -0.293 e. The number of aromatic nitrogens is 1. The van der Waals surface area contributed by atoms with Gasteiger partial charge in [-0.1, -0.05) is 11.8 Å². The molecule has 0 saturated carbocycles. The Labute approximate surface area is 76.1 Å². The zero-order valence-corrected chi connectivity index (χ0v) is 6.32. The molecule has 0 fully saturated rings. The van der Waals surface area contributed by atoms with Crippen LogP contribution in [0.15, 0.2) is 17.3 Å². The van der Waals surface area contributed by atoms with Gasteiger partial charge in [0.05, 0.1) is 17.5 Å². The summed E-state index contributed by atoms with van der Waals surface area (Å²) < 4.78 is 42.5. The molecule has 0 atom stereocenters. The van der Waals surface area contributed by atoms with Gasteiger partial charge in [0.15, 0.2) is 5.78 Å². The van der Waals surface area contributed by atoms with E-state index in [2.05, 4.69) is 4.98 Å². The van der Waals surface area contributed by atoms with Crippen LogP contribution >= 0.6 is 11.8 Å². The number of fused-ring (bicyclic) bond motifs is 1. The Morgan fingerprint density at radius 3 is 3.45 bits per heavy atom. The van der Waals surface area contributed by atoms with E-state index < -0.39 is 5.82 Å². The standard InChI is InChI=1S/C7H4FNOS.3H2/c8-4-1-5-6(10)3-11-7(5)9-2-4;;;/h1-2H,3H2;3*1H/i;3*1+1D. The maximum atomic E-state index is 12.5. The van der Waals surface area contributed by atoms with Crippen molar-refractivity contribution >= 4 is 17.5 Å². The number of hydrogen-bond acceptors (Lipinski definition) is 3. The van der Waals surface area contributed by atoms with Crippen molar-refractivity contribution in [1.82, 2.24) is 4.98 Å². The number of thioether (sulfide) groups is 1. The van der Waals surface area contributed by atoms with Crippen LogP contribution < -0.4 is 0 Å². The van der Waals surface area contributed by atoms with Crippen LogP contribution in [0.4, 0.5) is 4.39 Å². The van der Waals surface area contributed by atoms with E-state index in [4.69, 9.17) is 8.91 Å². The maximum absolute atomic E-state index is 12.5. The Hall–Kier alpha value is -0.900. The zero-order valence-electron chi connectivity index (χ0n) is 11.5. The van der Waals surface area contributed by atoms with Crippen molar-refractivity contribution < 1.29 is 18.1 Å². The molecule has 0 spiro atoms. The summed E-state index contributed by atoms with van der Waals surface area (Å²) in [4.78, 5) is 14.8. The lowest BCUT2D eigenvalue weighted by Crippen LogP contribution is -1.96. The quantitative estimate of drug-likeness (QED) is 0.615. The van der Waals surface area contributed by atoms with E-state index in [0.717, 1.165) is 6.20 Å². The Kier molecular flexibility index (Phi) is 0.881. The summed E-state index contributed by atoms with van der Waals surface area (Å²) in [6, 6.07) is 1.24. The normalized spacial score (nSPS) is 17.4. The van der Waals surface area contributed by atoms with Gasteiger partial charge in [0.1, 0.15) is 10.8 Å². The second kappa shape index (κ2) is 2.30. The summed E-state index contributed by atoms with van der Waals surface area (Å²) in [5.74, 6) is -0.0807. The highest BCUT2D eigenvalue weighted by Crippen LogP contribution is 2.28. The molecule has 1 aliphatic heterocycles. The monoisotopic (exact) mass is 181 g/mol. The van der Waals surface area contributed by atoms with Gasteiger partial charge in [-0.25, -0.2) is 9.37 Å². The third-order valence-electron chi connectivity index (χ3n) is 1.46. The van der Waals surface area contributed by atoms with Crippen molar-refractivity contribution in [2.24, 2.45) is 0 Å². The van der Waals surface area contributed by atoms with Gasteiger partial charge in [-0.3, -0.25) is 4.79 Å². The highest BCUT2D eigenvalue weighted by atomic mass is 32.2. The molecule has 0 N–H and O–H groups in total. The fraction of sp³-hybridized carbons (Fsp3) is 0.143. The molecule has 0 radical (unpaired) electrons. The first-order valence-corrected chi connectivity index (χ1v) is 4.07. The van der Waals surface area contributed by atoms with E-state index in [0.29, 0.717) is 16.3 Å². The van der Waals surface area contributed by atoms with Crippen molar-refractivity contribution in [3.63, 3.8) is 0 Å². The minimum atomic E-state index is -0.445. The van der Waals surface area contributed by atoms with Crippen molar-refractivity contribution in [3.8, 4) is 0 Å². The molecule has 2 heterocycles. The molecular weight excluding hydrogens is 165 g/mol. The molecule has 0 bridgehead atoms. The first-order chi connectivity index (χ1) is 8.27. The molecule has 0 aromatic carbocycles. The number of pyridine rings is 1. The zero-order chi connectivity index (χ0) is 13.8. The number of halogens is 1. The van der Waals surface area contributed by atoms with Crippen molar-refractivity contribution in [2.75, 3.05) is 5.75 Å². The predicted octanol–water partition coefficient (Wildman–Crippen LogP) is 2.25. The van der Waals surface area contributed by atoms with Crippen LogP contribution in [0.1, 0.15) is 19.3 Å². The van der Waals surface area contributed by atoms with Crippen LogP contribution in [-0.4, -0.2) is 16.5 Å². The Morgan fingerprint density at radius 2 is 2.64 bits per heavy atom. The van der Waals surface area contributed by atoms with E-state index in [1.165, 1.54) is 17.8 Å². The predicted molar refractivity (Wildman–Crippen MR) is 45.6 cm³/mol. The number of Topliss-reactive ketones (excluding diaryl/α,β-unsaturated/α-hetero) is 1. The summed E-state index contributed by atoms with van der Waals surface area (Å²) in [6.45, 7) is 0. The Morgan fingerprint density at radius 1 is 1.82 bits per heavy atom. The third kappa shape index (κ3) is 1.03. The molecule has 0 aliphatic carbocycles. The van der Waals surface area contributed by atoms with E-state index in [1.54, 1.807) is 0 Å². The van der Waals surface area contributed by atoms with Crippen LogP contribution in [0.3, 0.4) is 0 Å². The summed E-state index contributed by atoms with van der Waals surface area (Å²) >= 11 is 1.36. The average molecular weight is 181 g/mol. The van der Waals surface area contributed by atoms with Crippen LogP contribution in [0, 0.1) is 5.82 Å². The molecule has 11 heavy (non-hydrogen) atoms. The highest BCUT2D eigenvalue weighted by Gasteiger charge is 2.21. The van der Waals surface area contributed by atoms with Gasteiger partial charge in [-0.15, -0.1) is 0 Å². The summed E-state index contributed by atoms with van der Waals surface area (Å²) in [7, 11) is 0. The molecule has 1 aromatic heterocycles. The largest absolute Gasteiger partial charge is 0.293 e. The van der Waals surface area contributed by atoms with Crippen molar-refractivity contribution in [3.05, 3.63) is 23.6 Å². The molecule has 1 aliphatic rings.